The molecule has 3 rings (SSSR count). The molecule has 0 spiro atoms. The monoisotopic (exact) mass is 365 g/mol. The van der Waals surface area contributed by atoms with E-state index in [0.29, 0.717) is 0 Å². The first-order valence-corrected chi connectivity index (χ1v) is 9.89. The van der Waals surface area contributed by atoms with Crippen molar-refractivity contribution in [2.75, 3.05) is 31.2 Å². The first kappa shape index (κ1) is 16.9. The third-order valence-electron chi connectivity index (χ3n) is 3.63. The molecule has 0 bridgehead atoms. The second kappa shape index (κ2) is 7.33. The van der Waals surface area contributed by atoms with Crippen molar-refractivity contribution in [3.05, 3.63) is 46.8 Å². The van der Waals surface area contributed by atoms with Gasteiger partial charge in [0.25, 0.3) is 10.0 Å². The Bertz CT molecular complexity index is 807. The Kier molecular flexibility index (Phi) is 5.17. The highest BCUT2D eigenvalue weighted by Gasteiger charge is 2.14. The van der Waals surface area contributed by atoms with Crippen LogP contribution in [-0.2, 0) is 14.8 Å². The Morgan fingerprint density at radius 3 is 2.58 bits per heavy atom. The Morgan fingerprint density at radius 2 is 1.88 bits per heavy atom. The molecular weight excluding hydrogens is 346 g/mol. The summed E-state index contributed by atoms with van der Waals surface area (Å²) >= 11 is 1.57. The smallest absolute Gasteiger partial charge is 0.276 e. The number of nitrogens with zero attached hydrogens (tertiary/aromatic N) is 2. The minimum absolute atomic E-state index is 0.199. The molecule has 6 nitrogen and oxygen atoms in total. The summed E-state index contributed by atoms with van der Waals surface area (Å²) in [5.74, 6) is 0. The van der Waals surface area contributed by atoms with Crippen LogP contribution in [-0.4, -0.2) is 40.9 Å². The van der Waals surface area contributed by atoms with Crippen molar-refractivity contribution in [3.8, 4) is 0 Å². The molecule has 1 N–H and O–H groups in total. The molecule has 8 heteroatoms. The molecule has 1 aromatic heterocycles. The van der Waals surface area contributed by atoms with Crippen LogP contribution >= 0.6 is 11.3 Å². The van der Waals surface area contributed by atoms with Crippen LogP contribution < -0.4 is 9.73 Å². The highest BCUT2D eigenvalue weighted by Crippen LogP contribution is 2.25. The van der Waals surface area contributed by atoms with Crippen molar-refractivity contribution in [1.82, 2.24) is 4.83 Å². The molecule has 0 unspecified atom stereocenters. The van der Waals surface area contributed by atoms with Gasteiger partial charge in [-0.25, -0.2) is 4.83 Å². The van der Waals surface area contributed by atoms with E-state index in [1.54, 1.807) is 35.6 Å². The molecule has 24 heavy (non-hydrogen) atoms. The maximum absolute atomic E-state index is 12.1. The Morgan fingerprint density at radius 1 is 1.17 bits per heavy atom. The van der Waals surface area contributed by atoms with E-state index in [9.17, 15) is 8.42 Å². The minimum atomic E-state index is -3.63. The van der Waals surface area contributed by atoms with E-state index in [2.05, 4.69) is 14.8 Å². The Hall–Kier alpha value is -1.90. The van der Waals surface area contributed by atoms with Crippen molar-refractivity contribution in [1.29, 1.82) is 0 Å². The Labute approximate surface area is 145 Å². The van der Waals surface area contributed by atoms with Crippen LogP contribution in [0.2, 0.25) is 0 Å². The van der Waals surface area contributed by atoms with Gasteiger partial charge in [0.05, 0.1) is 29.3 Å². The average Bonchev–Trinajstić information content (AvgIpc) is 3.05. The number of morpholine rings is 1. The Balaban J connectivity index is 1.63. The van der Waals surface area contributed by atoms with Gasteiger partial charge in [-0.3, -0.25) is 0 Å². The number of thiophene rings is 1. The van der Waals surface area contributed by atoms with E-state index < -0.39 is 10.0 Å². The molecule has 0 amide bonds. The summed E-state index contributed by atoms with van der Waals surface area (Å²) in [7, 11) is -3.63. The van der Waals surface area contributed by atoms with Gasteiger partial charge in [0.15, 0.2) is 0 Å². The molecule has 1 aromatic carbocycles. The number of sulfonamides is 1. The highest BCUT2D eigenvalue weighted by atomic mass is 32.2. The lowest BCUT2D eigenvalue weighted by Crippen LogP contribution is -2.35. The van der Waals surface area contributed by atoms with E-state index in [1.807, 2.05) is 19.1 Å². The fourth-order valence-corrected chi connectivity index (χ4v) is 4.02. The lowest BCUT2D eigenvalue weighted by Gasteiger charge is -2.27. The quantitative estimate of drug-likeness (QED) is 0.651. The first-order chi connectivity index (χ1) is 11.5. The summed E-state index contributed by atoms with van der Waals surface area (Å²) < 4.78 is 29.6. The standard InChI is InChI=1S/C16H19N3O3S2/c1-13-2-5-15(6-3-13)24(20,21)18-17-12-14-4-7-16(23-14)19-8-10-22-11-9-19/h2-7,12,18H,8-11H2,1H3/b17-12+. The molecule has 1 fully saturated rings. The number of hydrogen-bond acceptors (Lipinski definition) is 6. The average molecular weight is 365 g/mol. The summed E-state index contributed by atoms with van der Waals surface area (Å²) in [6.07, 6.45) is 1.53. The lowest BCUT2D eigenvalue weighted by atomic mass is 10.2. The first-order valence-electron chi connectivity index (χ1n) is 7.59. The second-order valence-corrected chi connectivity index (χ2v) is 8.20. The number of anilines is 1. The predicted molar refractivity (Wildman–Crippen MR) is 96.4 cm³/mol. The van der Waals surface area contributed by atoms with Gasteiger partial charge in [0.2, 0.25) is 0 Å². The number of hydrogen-bond donors (Lipinski definition) is 1. The largest absolute Gasteiger partial charge is 0.378 e. The third kappa shape index (κ3) is 4.14. The van der Waals surface area contributed by atoms with Crippen LogP contribution in [0.5, 0.6) is 0 Å². The molecule has 2 aromatic rings. The van der Waals surface area contributed by atoms with Gasteiger partial charge in [-0.2, -0.15) is 13.5 Å². The van der Waals surface area contributed by atoms with Crippen molar-refractivity contribution in [3.63, 3.8) is 0 Å². The number of rotatable bonds is 5. The van der Waals surface area contributed by atoms with E-state index >= 15 is 0 Å². The van der Waals surface area contributed by atoms with Gasteiger partial charge in [-0.15, -0.1) is 11.3 Å². The summed E-state index contributed by atoms with van der Waals surface area (Å²) in [6, 6.07) is 10.6. The van der Waals surface area contributed by atoms with Crippen LogP contribution in [0.15, 0.2) is 46.4 Å². The SMILES string of the molecule is Cc1ccc(S(=O)(=O)N/N=C/c2ccc(N3CCOCC3)s2)cc1. The molecule has 1 aliphatic rings. The summed E-state index contributed by atoms with van der Waals surface area (Å²) in [5.41, 5.74) is 1.01. The van der Waals surface area contributed by atoms with Gasteiger partial charge in [0, 0.05) is 18.0 Å². The summed E-state index contributed by atoms with van der Waals surface area (Å²) in [5, 5.41) is 5.01. The fourth-order valence-electron chi connectivity index (χ4n) is 2.29. The number of aryl methyl sites for hydroxylation is 1. The zero-order valence-electron chi connectivity index (χ0n) is 13.3. The zero-order chi connectivity index (χ0) is 17.0. The van der Waals surface area contributed by atoms with Crippen LogP contribution in [0.3, 0.4) is 0 Å². The maximum atomic E-state index is 12.1. The lowest BCUT2D eigenvalue weighted by molar-refractivity contribution is 0.123. The van der Waals surface area contributed by atoms with Gasteiger partial charge >= 0.3 is 0 Å². The second-order valence-electron chi connectivity index (χ2n) is 5.44. The molecular formula is C16H19N3O3S2. The molecule has 0 saturated carbocycles. The topological polar surface area (TPSA) is 71.0 Å². The molecule has 128 valence electrons. The number of hydrazone groups is 1. The van der Waals surface area contributed by atoms with E-state index in [1.165, 1.54) is 6.21 Å². The van der Waals surface area contributed by atoms with E-state index in [4.69, 9.17) is 4.74 Å². The third-order valence-corrected chi connectivity index (χ3v) is 5.95. The molecule has 1 saturated heterocycles. The van der Waals surface area contributed by atoms with Gasteiger partial charge in [-0.1, -0.05) is 17.7 Å². The van der Waals surface area contributed by atoms with Crippen molar-refractivity contribution >= 4 is 32.6 Å². The molecule has 0 atom stereocenters. The van der Waals surface area contributed by atoms with Crippen molar-refractivity contribution in [2.24, 2.45) is 5.10 Å². The summed E-state index contributed by atoms with van der Waals surface area (Å²) in [4.78, 5) is 5.59. The van der Waals surface area contributed by atoms with Gasteiger partial charge in [-0.05, 0) is 31.2 Å². The molecule has 2 heterocycles. The van der Waals surface area contributed by atoms with E-state index in [0.717, 1.165) is 41.7 Å². The molecule has 1 aliphatic heterocycles. The number of nitrogens with one attached hydrogen (secondary N) is 1. The fraction of sp³-hybridized carbons (Fsp3) is 0.312. The zero-order valence-corrected chi connectivity index (χ0v) is 14.9. The van der Waals surface area contributed by atoms with Crippen LogP contribution in [0.25, 0.3) is 0 Å². The molecule has 0 radical (unpaired) electrons. The minimum Gasteiger partial charge on any atom is -0.378 e. The maximum Gasteiger partial charge on any atom is 0.276 e. The number of benzene rings is 1. The summed E-state index contributed by atoms with van der Waals surface area (Å²) in [6.45, 7) is 5.12. The predicted octanol–water partition coefficient (Wildman–Crippen LogP) is 2.21. The highest BCUT2D eigenvalue weighted by molar-refractivity contribution is 7.89. The normalized spacial score (nSPS) is 15.8. The van der Waals surface area contributed by atoms with E-state index in [-0.39, 0.29) is 4.90 Å². The van der Waals surface area contributed by atoms with Gasteiger partial charge in [0.1, 0.15) is 0 Å². The molecule has 0 aliphatic carbocycles. The van der Waals surface area contributed by atoms with Gasteiger partial charge < -0.3 is 9.64 Å². The van der Waals surface area contributed by atoms with Crippen molar-refractivity contribution < 1.29 is 13.2 Å². The van der Waals surface area contributed by atoms with Crippen LogP contribution in [0.1, 0.15) is 10.4 Å². The van der Waals surface area contributed by atoms with Crippen LogP contribution in [0, 0.1) is 6.92 Å². The number of ether oxygens (including phenoxy) is 1. The van der Waals surface area contributed by atoms with Crippen molar-refractivity contribution in [2.45, 2.75) is 11.8 Å². The van der Waals surface area contributed by atoms with Crippen LogP contribution in [0.4, 0.5) is 5.00 Å².